The monoisotopic (exact) mass is 540 g/mol. The van der Waals surface area contributed by atoms with Crippen molar-refractivity contribution in [1.82, 2.24) is 10.4 Å². The van der Waals surface area contributed by atoms with Crippen molar-refractivity contribution < 1.29 is 43.8 Å². The normalized spacial score (nSPS) is 13.9. The lowest BCUT2D eigenvalue weighted by atomic mass is 10.0. The molecule has 11 heteroatoms. The van der Waals surface area contributed by atoms with Gasteiger partial charge in [0.05, 0.1) is 6.42 Å². The summed E-state index contributed by atoms with van der Waals surface area (Å²) in [5, 5.41) is 20.7. The van der Waals surface area contributed by atoms with Crippen LogP contribution in [0.1, 0.15) is 128 Å². The summed E-state index contributed by atoms with van der Waals surface area (Å²) in [6, 6.07) is -1.25. The van der Waals surface area contributed by atoms with Crippen LogP contribution in [-0.2, 0) is 33.6 Å². The van der Waals surface area contributed by atoms with E-state index in [-0.39, 0.29) is 38.5 Å². The summed E-state index contributed by atoms with van der Waals surface area (Å²) in [6.45, 7) is 0. The summed E-state index contributed by atoms with van der Waals surface area (Å²) in [5.41, 5.74) is 0. The standard InChI is InChI=1S/C27H44N2O9/c30-22(28-21(27(36)37)17-20-26(35)38-29-23(31)18-19-24(29)32)15-13-11-9-7-5-3-1-2-4-6-8-10-12-14-16-25(33)34/h21H,1-20H2,(H,28,30)(H,33,34)(H,36,37)/t21-/m0/s1. The molecule has 1 saturated heterocycles. The van der Waals surface area contributed by atoms with E-state index < -0.39 is 41.7 Å². The maximum atomic E-state index is 12.1. The van der Waals surface area contributed by atoms with E-state index in [1.807, 2.05) is 0 Å². The Hall–Kier alpha value is -2.98. The van der Waals surface area contributed by atoms with Crippen molar-refractivity contribution in [3.63, 3.8) is 0 Å². The Bertz CT molecular complexity index is 769. The SMILES string of the molecule is O=C(O)CCCCCCCCCCCCCCCCC(=O)N[C@@H](CCC(=O)ON1C(=O)CCC1=O)C(=O)O. The van der Waals surface area contributed by atoms with E-state index in [1.165, 1.54) is 38.5 Å². The molecular weight excluding hydrogens is 496 g/mol. The van der Waals surface area contributed by atoms with Gasteiger partial charge < -0.3 is 20.4 Å². The number of rotatable bonds is 23. The molecule has 0 aromatic heterocycles. The van der Waals surface area contributed by atoms with Gasteiger partial charge in [0.25, 0.3) is 11.8 Å². The molecule has 0 spiro atoms. The Balaban J connectivity index is 2.00. The maximum Gasteiger partial charge on any atom is 0.333 e. The van der Waals surface area contributed by atoms with Gasteiger partial charge in [-0.1, -0.05) is 77.0 Å². The number of amides is 3. The number of aliphatic carboxylic acids is 2. The molecule has 0 aromatic rings. The molecule has 216 valence electrons. The highest BCUT2D eigenvalue weighted by molar-refractivity contribution is 6.01. The van der Waals surface area contributed by atoms with E-state index in [2.05, 4.69) is 5.32 Å². The Kier molecular flexibility index (Phi) is 17.4. The van der Waals surface area contributed by atoms with Crippen LogP contribution in [0.2, 0.25) is 0 Å². The molecule has 1 heterocycles. The van der Waals surface area contributed by atoms with Crippen LogP contribution in [0, 0.1) is 0 Å². The third-order valence-corrected chi connectivity index (χ3v) is 6.51. The predicted molar refractivity (Wildman–Crippen MR) is 137 cm³/mol. The molecule has 3 N–H and O–H groups in total. The summed E-state index contributed by atoms with van der Waals surface area (Å²) in [4.78, 5) is 73.5. The zero-order valence-corrected chi connectivity index (χ0v) is 22.4. The lowest BCUT2D eigenvalue weighted by Gasteiger charge is -2.16. The van der Waals surface area contributed by atoms with Gasteiger partial charge in [0, 0.05) is 25.7 Å². The number of hydroxylamine groups is 2. The first-order valence-corrected chi connectivity index (χ1v) is 14.0. The van der Waals surface area contributed by atoms with Gasteiger partial charge in [0.15, 0.2) is 0 Å². The minimum atomic E-state index is -1.27. The van der Waals surface area contributed by atoms with Crippen LogP contribution in [0.3, 0.4) is 0 Å². The molecule has 0 bridgehead atoms. The lowest BCUT2D eigenvalue weighted by molar-refractivity contribution is -0.197. The maximum absolute atomic E-state index is 12.1. The van der Waals surface area contributed by atoms with Crippen LogP contribution in [0.15, 0.2) is 0 Å². The van der Waals surface area contributed by atoms with E-state index in [0.29, 0.717) is 11.5 Å². The number of unbranched alkanes of at least 4 members (excludes halogenated alkanes) is 13. The van der Waals surface area contributed by atoms with Gasteiger partial charge in [0.1, 0.15) is 6.04 Å². The van der Waals surface area contributed by atoms with Crippen LogP contribution in [0.25, 0.3) is 0 Å². The third-order valence-electron chi connectivity index (χ3n) is 6.51. The van der Waals surface area contributed by atoms with E-state index in [0.717, 1.165) is 44.9 Å². The van der Waals surface area contributed by atoms with Crippen LogP contribution in [0.5, 0.6) is 0 Å². The Labute approximate surface area is 224 Å². The van der Waals surface area contributed by atoms with Gasteiger partial charge in [-0.05, 0) is 19.3 Å². The molecule has 3 amide bonds. The van der Waals surface area contributed by atoms with E-state index in [4.69, 9.17) is 9.94 Å². The smallest absolute Gasteiger partial charge is 0.333 e. The molecule has 0 radical (unpaired) electrons. The van der Waals surface area contributed by atoms with Crippen LogP contribution < -0.4 is 5.32 Å². The molecule has 1 atom stereocenters. The van der Waals surface area contributed by atoms with Crippen molar-refractivity contribution in [2.45, 2.75) is 134 Å². The number of carboxylic acids is 2. The Morgan fingerprint density at radius 2 is 1.11 bits per heavy atom. The summed E-state index contributed by atoms with van der Waals surface area (Å²) >= 11 is 0. The van der Waals surface area contributed by atoms with Crippen molar-refractivity contribution in [1.29, 1.82) is 0 Å². The number of carboxylic acid groups (broad SMARTS) is 2. The summed E-state index contributed by atoms with van der Waals surface area (Å²) < 4.78 is 0. The van der Waals surface area contributed by atoms with Crippen LogP contribution in [0.4, 0.5) is 0 Å². The van der Waals surface area contributed by atoms with Crippen LogP contribution >= 0.6 is 0 Å². The van der Waals surface area contributed by atoms with Gasteiger partial charge in [0.2, 0.25) is 5.91 Å². The van der Waals surface area contributed by atoms with E-state index >= 15 is 0 Å². The average molecular weight is 541 g/mol. The number of carbonyl (C=O) groups excluding carboxylic acids is 4. The largest absolute Gasteiger partial charge is 0.481 e. The molecule has 38 heavy (non-hydrogen) atoms. The zero-order chi connectivity index (χ0) is 28.2. The van der Waals surface area contributed by atoms with Crippen molar-refractivity contribution in [2.24, 2.45) is 0 Å². The zero-order valence-electron chi connectivity index (χ0n) is 22.4. The molecule has 1 rings (SSSR count). The highest BCUT2D eigenvalue weighted by Crippen LogP contribution is 2.15. The molecule has 0 unspecified atom stereocenters. The topological polar surface area (TPSA) is 167 Å². The van der Waals surface area contributed by atoms with Crippen molar-refractivity contribution >= 4 is 35.6 Å². The van der Waals surface area contributed by atoms with Gasteiger partial charge in [-0.2, -0.15) is 0 Å². The number of carbonyl (C=O) groups is 6. The fraction of sp³-hybridized carbons (Fsp3) is 0.778. The number of imide groups is 1. The second kappa shape index (κ2) is 20.0. The van der Waals surface area contributed by atoms with E-state index in [1.54, 1.807) is 0 Å². The lowest BCUT2D eigenvalue weighted by Crippen LogP contribution is -2.41. The summed E-state index contributed by atoms with van der Waals surface area (Å²) in [6.07, 6.45) is 14.8. The number of nitrogens with zero attached hydrogens (tertiary/aromatic N) is 1. The van der Waals surface area contributed by atoms with Gasteiger partial charge >= 0.3 is 17.9 Å². The Morgan fingerprint density at radius 1 is 0.684 bits per heavy atom. The Morgan fingerprint density at radius 3 is 1.53 bits per heavy atom. The van der Waals surface area contributed by atoms with Gasteiger partial charge in [-0.25, -0.2) is 9.59 Å². The highest BCUT2D eigenvalue weighted by atomic mass is 16.7. The second-order valence-corrected chi connectivity index (χ2v) is 9.89. The summed E-state index contributed by atoms with van der Waals surface area (Å²) in [5.74, 6) is -4.50. The molecule has 0 saturated carbocycles. The molecule has 11 nitrogen and oxygen atoms in total. The summed E-state index contributed by atoms with van der Waals surface area (Å²) in [7, 11) is 0. The molecule has 1 aliphatic rings. The number of nitrogens with one attached hydrogen (secondary N) is 1. The highest BCUT2D eigenvalue weighted by Gasteiger charge is 2.33. The number of hydrogen-bond donors (Lipinski definition) is 3. The van der Waals surface area contributed by atoms with Gasteiger partial charge in [-0.15, -0.1) is 5.06 Å². The van der Waals surface area contributed by atoms with Crippen molar-refractivity contribution in [2.75, 3.05) is 0 Å². The van der Waals surface area contributed by atoms with E-state index in [9.17, 15) is 33.9 Å². The average Bonchev–Trinajstić information content (AvgIpc) is 3.17. The first-order valence-electron chi connectivity index (χ1n) is 14.0. The van der Waals surface area contributed by atoms with Crippen LogP contribution in [-0.4, -0.2) is 56.9 Å². The minimum absolute atomic E-state index is 0.0270. The molecule has 0 aromatic carbocycles. The fourth-order valence-corrected chi connectivity index (χ4v) is 4.27. The quantitative estimate of drug-likeness (QED) is 0.127. The van der Waals surface area contributed by atoms with Crippen molar-refractivity contribution in [3.05, 3.63) is 0 Å². The molecule has 0 aliphatic carbocycles. The van der Waals surface area contributed by atoms with Crippen molar-refractivity contribution in [3.8, 4) is 0 Å². The molecular formula is C27H44N2O9. The fourth-order valence-electron chi connectivity index (χ4n) is 4.27. The van der Waals surface area contributed by atoms with Gasteiger partial charge in [-0.3, -0.25) is 19.2 Å². The third kappa shape index (κ3) is 16.0. The molecule has 1 aliphatic heterocycles. The first kappa shape index (κ1) is 33.0. The molecule has 1 fully saturated rings. The minimum Gasteiger partial charge on any atom is -0.481 e. The first-order chi connectivity index (χ1) is 18.2. The second-order valence-electron chi connectivity index (χ2n) is 9.89. The predicted octanol–water partition coefficient (Wildman–Crippen LogP) is 4.27. The number of hydrogen-bond acceptors (Lipinski definition) is 7.